The quantitative estimate of drug-likeness (QED) is 0.633. The molecule has 0 aromatic heterocycles. The van der Waals surface area contributed by atoms with Crippen LogP contribution in [0.5, 0.6) is 0 Å². The van der Waals surface area contributed by atoms with E-state index in [9.17, 15) is 4.79 Å². The van der Waals surface area contributed by atoms with Crippen molar-refractivity contribution in [2.45, 2.75) is 6.92 Å². The molecule has 0 aliphatic carbocycles. The van der Waals surface area contributed by atoms with Gasteiger partial charge in [-0.05, 0) is 13.5 Å². The fraction of sp³-hybridized carbons (Fsp3) is 0.875. The average molecular weight is 171 g/mol. The molecule has 1 saturated heterocycles. The normalized spacial score (nSPS) is 24.9. The Kier molecular flexibility index (Phi) is 2.92. The first-order chi connectivity index (χ1) is 5.69. The zero-order valence-corrected chi connectivity index (χ0v) is 7.79. The Bertz CT molecular complexity index is 172. The minimum absolute atomic E-state index is 0.127. The summed E-state index contributed by atoms with van der Waals surface area (Å²) in [5.74, 6) is 0.438. The number of nitrogens with two attached hydrogens (primary N) is 1. The van der Waals surface area contributed by atoms with Gasteiger partial charge in [0.2, 0.25) is 0 Å². The van der Waals surface area contributed by atoms with Crippen LogP contribution in [-0.2, 0) is 0 Å². The number of nitrogens with zero attached hydrogens (tertiary/aromatic N) is 2. The van der Waals surface area contributed by atoms with E-state index in [4.69, 9.17) is 5.73 Å². The van der Waals surface area contributed by atoms with Gasteiger partial charge in [0.25, 0.3) is 0 Å². The fourth-order valence-electron chi connectivity index (χ4n) is 1.57. The van der Waals surface area contributed by atoms with Crippen LogP contribution in [0.4, 0.5) is 4.79 Å². The molecule has 4 heteroatoms. The highest BCUT2D eigenvalue weighted by molar-refractivity contribution is 5.74. The molecule has 2 amide bonds. The first-order valence-electron chi connectivity index (χ1n) is 4.39. The van der Waals surface area contributed by atoms with Gasteiger partial charge in [-0.25, -0.2) is 4.79 Å². The first kappa shape index (κ1) is 9.32. The van der Waals surface area contributed by atoms with Crippen LogP contribution in [0.2, 0.25) is 0 Å². The van der Waals surface area contributed by atoms with Gasteiger partial charge >= 0.3 is 6.03 Å². The van der Waals surface area contributed by atoms with Crippen LogP contribution < -0.4 is 5.73 Å². The molecular formula is C8H17N3O. The predicted molar refractivity (Wildman–Crippen MR) is 47.8 cm³/mol. The van der Waals surface area contributed by atoms with Crippen LogP contribution in [0.1, 0.15) is 6.92 Å². The second-order valence-corrected chi connectivity index (χ2v) is 3.30. The lowest BCUT2D eigenvalue weighted by Gasteiger charge is -2.37. The molecule has 1 aliphatic rings. The highest BCUT2D eigenvalue weighted by Gasteiger charge is 2.27. The molecule has 1 atom stereocenters. The van der Waals surface area contributed by atoms with Crippen molar-refractivity contribution in [3.63, 3.8) is 0 Å². The molecule has 0 aromatic carbocycles. The molecule has 0 radical (unpaired) electrons. The summed E-state index contributed by atoms with van der Waals surface area (Å²) in [5.41, 5.74) is 5.56. The highest BCUT2D eigenvalue weighted by atomic mass is 16.2. The maximum atomic E-state index is 11.4. The molecule has 2 N–H and O–H groups in total. The number of amides is 2. The zero-order chi connectivity index (χ0) is 9.14. The van der Waals surface area contributed by atoms with E-state index in [2.05, 4.69) is 0 Å². The second kappa shape index (κ2) is 3.76. The van der Waals surface area contributed by atoms with E-state index in [1.165, 1.54) is 0 Å². The van der Waals surface area contributed by atoms with E-state index in [1.807, 2.05) is 18.9 Å². The third-order valence-corrected chi connectivity index (χ3v) is 2.32. The molecular weight excluding hydrogens is 154 g/mol. The van der Waals surface area contributed by atoms with Crippen LogP contribution in [-0.4, -0.2) is 49.1 Å². The molecule has 1 aliphatic heterocycles. The van der Waals surface area contributed by atoms with Gasteiger partial charge in [0.1, 0.15) is 0 Å². The van der Waals surface area contributed by atoms with Crippen LogP contribution in [0.3, 0.4) is 0 Å². The van der Waals surface area contributed by atoms with Gasteiger partial charge in [0.15, 0.2) is 0 Å². The molecule has 4 nitrogen and oxygen atoms in total. The SMILES string of the molecule is CCN1CC(CN)CN(C)C1=O. The van der Waals surface area contributed by atoms with Crippen molar-refractivity contribution in [2.75, 3.05) is 33.2 Å². The molecule has 1 heterocycles. The average Bonchev–Trinajstić information content (AvgIpc) is 2.09. The van der Waals surface area contributed by atoms with Gasteiger partial charge in [0.05, 0.1) is 0 Å². The Morgan fingerprint density at radius 2 is 2.25 bits per heavy atom. The van der Waals surface area contributed by atoms with E-state index < -0.39 is 0 Å². The molecule has 1 unspecified atom stereocenters. The molecule has 70 valence electrons. The van der Waals surface area contributed by atoms with Gasteiger partial charge in [-0.3, -0.25) is 0 Å². The molecule has 0 spiro atoms. The van der Waals surface area contributed by atoms with Gasteiger partial charge in [-0.15, -0.1) is 0 Å². The summed E-state index contributed by atoms with van der Waals surface area (Å²) in [6.07, 6.45) is 0. The maximum Gasteiger partial charge on any atom is 0.319 e. The number of carbonyl (C=O) groups excluding carboxylic acids is 1. The summed E-state index contributed by atoms with van der Waals surface area (Å²) in [5, 5.41) is 0. The summed E-state index contributed by atoms with van der Waals surface area (Å²) in [4.78, 5) is 15.0. The predicted octanol–water partition coefficient (Wildman–Crippen LogP) is -0.0514. The largest absolute Gasteiger partial charge is 0.330 e. The monoisotopic (exact) mass is 171 g/mol. The van der Waals surface area contributed by atoms with E-state index >= 15 is 0 Å². The number of rotatable bonds is 2. The molecule has 0 aromatic rings. The van der Waals surface area contributed by atoms with Gasteiger partial charge in [-0.2, -0.15) is 0 Å². The zero-order valence-electron chi connectivity index (χ0n) is 7.79. The maximum absolute atomic E-state index is 11.4. The Morgan fingerprint density at radius 3 is 2.75 bits per heavy atom. The van der Waals surface area contributed by atoms with E-state index in [1.54, 1.807) is 4.90 Å². The Balaban J connectivity index is 2.58. The number of hydrogen-bond acceptors (Lipinski definition) is 2. The number of carbonyl (C=O) groups is 1. The summed E-state index contributed by atoms with van der Waals surface area (Å²) in [6.45, 7) is 5.04. The van der Waals surface area contributed by atoms with Gasteiger partial charge in [0, 0.05) is 32.6 Å². The van der Waals surface area contributed by atoms with Crippen molar-refractivity contribution in [1.29, 1.82) is 0 Å². The van der Waals surface area contributed by atoms with Crippen molar-refractivity contribution < 1.29 is 4.79 Å². The number of urea groups is 1. The van der Waals surface area contributed by atoms with E-state index in [-0.39, 0.29) is 6.03 Å². The number of hydrogen-bond donors (Lipinski definition) is 1. The van der Waals surface area contributed by atoms with Crippen molar-refractivity contribution in [2.24, 2.45) is 11.7 Å². The molecule has 0 bridgehead atoms. The third kappa shape index (κ3) is 1.69. The van der Waals surface area contributed by atoms with Crippen molar-refractivity contribution >= 4 is 6.03 Å². The summed E-state index contributed by atoms with van der Waals surface area (Å²) < 4.78 is 0. The fourth-order valence-corrected chi connectivity index (χ4v) is 1.57. The lowest BCUT2D eigenvalue weighted by atomic mass is 10.1. The van der Waals surface area contributed by atoms with Crippen LogP contribution in [0.25, 0.3) is 0 Å². The van der Waals surface area contributed by atoms with Crippen molar-refractivity contribution in [3.8, 4) is 0 Å². The molecule has 1 fully saturated rings. The van der Waals surface area contributed by atoms with Crippen LogP contribution in [0.15, 0.2) is 0 Å². The molecule has 0 saturated carbocycles. The standard InChI is InChI=1S/C8H17N3O/c1-3-11-6-7(4-9)5-10(2)8(11)12/h7H,3-6,9H2,1-2H3. The van der Waals surface area contributed by atoms with Gasteiger partial charge in [-0.1, -0.05) is 0 Å². The van der Waals surface area contributed by atoms with Crippen LogP contribution >= 0.6 is 0 Å². The topological polar surface area (TPSA) is 49.6 Å². The minimum atomic E-state index is 0.127. The van der Waals surface area contributed by atoms with E-state index in [0.29, 0.717) is 12.5 Å². The van der Waals surface area contributed by atoms with Crippen molar-refractivity contribution in [1.82, 2.24) is 9.80 Å². The summed E-state index contributed by atoms with van der Waals surface area (Å²) in [6, 6.07) is 0.127. The lowest BCUT2D eigenvalue weighted by molar-refractivity contribution is 0.120. The van der Waals surface area contributed by atoms with Crippen molar-refractivity contribution in [3.05, 3.63) is 0 Å². The third-order valence-electron chi connectivity index (χ3n) is 2.32. The van der Waals surface area contributed by atoms with E-state index in [0.717, 1.165) is 19.6 Å². The first-order valence-corrected chi connectivity index (χ1v) is 4.39. The Morgan fingerprint density at radius 1 is 1.58 bits per heavy atom. The Labute approximate surface area is 73.3 Å². The second-order valence-electron chi connectivity index (χ2n) is 3.30. The summed E-state index contributed by atoms with van der Waals surface area (Å²) >= 11 is 0. The smallest absolute Gasteiger partial charge is 0.319 e. The lowest BCUT2D eigenvalue weighted by Crippen LogP contribution is -2.53. The molecule has 1 rings (SSSR count). The highest BCUT2D eigenvalue weighted by Crippen LogP contribution is 2.11. The summed E-state index contributed by atoms with van der Waals surface area (Å²) in [7, 11) is 1.83. The Hall–Kier alpha value is -0.770. The molecule has 12 heavy (non-hydrogen) atoms. The van der Waals surface area contributed by atoms with Gasteiger partial charge < -0.3 is 15.5 Å². The minimum Gasteiger partial charge on any atom is -0.330 e. The van der Waals surface area contributed by atoms with Crippen LogP contribution in [0, 0.1) is 5.92 Å².